The minimum Gasteiger partial charge on any atom is -0.379 e. The molecule has 0 bridgehead atoms. The van der Waals surface area contributed by atoms with E-state index in [1.54, 1.807) is 0 Å². The monoisotopic (exact) mass is 480 g/mol. The van der Waals surface area contributed by atoms with Gasteiger partial charge in [-0.3, -0.25) is 9.89 Å². The number of halogens is 1. The molecule has 2 N–H and O–H groups in total. The van der Waals surface area contributed by atoms with Gasteiger partial charge in [-0.05, 0) is 39.5 Å². The number of morpholine rings is 1. The van der Waals surface area contributed by atoms with E-state index in [1.165, 1.54) is 19.3 Å². The molecular formula is C19H37IN4O2. The molecule has 152 valence electrons. The molecule has 0 amide bonds. The maximum Gasteiger partial charge on any atom is 0.191 e. The molecule has 26 heavy (non-hydrogen) atoms. The Morgan fingerprint density at radius 1 is 1.27 bits per heavy atom. The van der Waals surface area contributed by atoms with Gasteiger partial charge in [-0.15, -0.1) is 24.0 Å². The summed E-state index contributed by atoms with van der Waals surface area (Å²) >= 11 is 0. The molecule has 1 spiro atoms. The SMILES string of the molecule is CCNC(=NCCCN1CCOCC1)NC1CC(OCC)C12CCC2.I. The number of guanidine groups is 1. The summed E-state index contributed by atoms with van der Waals surface area (Å²) in [6, 6.07) is 0.523. The zero-order valence-corrected chi connectivity index (χ0v) is 18.8. The molecule has 7 heteroatoms. The van der Waals surface area contributed by atoms with Crippen molar-refractivity contribution in [2.24, 2.45) is 10.4 Å². The Labute approximate surface area is 175 Å². The standard InChI is InChI=1S/C19H36N4O2.HI/c1-3-20-18(21-9-6-10-23-11-13-24-14-12-23)22-16-15-17(25-4-2)19(16)7-5-8-19;/h16-17H,3-15H2,1-2H3,(H2,20,21,22);1H. The number of rotatable bonds is 8. The summed E-state index contributed by atoms with van der Waals surface area (Å²) in [7, 11) is 0. The zero-order valence-electron chi connectivity index (χ0n) is 16.5. The van der Waals surface area contributed by atoms with E-state index in [4.69, 9.17) is 14.5 Å². The minimum absolute atomic E-state index is 0. The number of ether oxygens (including phenoxy) is 2. The van der Waals surface area contributed by atoms with Crippen LogP contribution in [-0.4, -0.2) is 75.5 Å². The van der Waals surface area contributed by atoms with Gasteiger partial charge in [0.25, 0.3) is 0 Å². The van der Waals surface area contributed by atoms with E-state index in [1.807, 2.05) is 0 Å². The van der Waals surface area contributed by atoms with Crippen molar-refractivity contribution in [2.75, 3.05) is 52.5 Å². The summed E-state index contributed by atoms with van der Waals surface area (Å²) in [5.41, 5.74) is 0.375. The maximum absolute atomic E-state index is 5.96. The van der Waals surface area contributed by atoms with Crippen molar-refractivity contribution in [3.8, 4) is 0 Å². The number of hydrogen-bond donors (Lipinski definition) is 2. The lowest BCUT2D eigenvalue weighted by Gasteiger charge is -2.61. The number of nitrogens with one attached hydrogen (secondary N) is 2. The average molecular weight is 480 g/mol. The summed E-state index contributed by atoms with van der Waals surface area (Å²) in [6.45, 7) is 11.8. The van der Waals surface area contributed by atoms with Crippen LogP contribution in [0.4, 0.5) is 0 Å². The molecular weight excluding hydrogens is 443 g/mol. The van der Waals surface area contributed by atoms with E-state index >= 15 is 0 Å². The van der Waals surface area contributed by atoms with Gasteiger partial charge in [0.15, 0.2) is 5.96 Å². The van der Waals surface area contributed by atoms with E-state index in [0.29, 0.717) is 17.6 Å². The van der Waals surface area contributed by atoms with Gasteiger partial charge in [0.1, 0.15) is 0 Å². The van der Waals surface area contributed by atoms with Gasteiger partial charge in [-0.2, -0.15) is 0 Å². The van der Waals surface area contributed by atoms with Crippen LogP contribution in [0.2, 0.25) is 0 Å². The van der Waals surface area contributed by atoms with Crippen molar-refractivity contribution in [3.63, 3.8) is 0 Å². The highest BCUT2D eigenvalue weighted by Crippen LogP contribution is 2.57. The predicted molar refractivity (Wildman–Crippen MR) is 117 cm³/mol. The summed E-state index contributed by atoms with van der Waals surface area (Å²) in [6.07, 6.45) is 6.61. The first-order valence-electron chi connectivity index (χ1n) is 10.2. The fraction of sp³-hybridized carbons (Fsp3) is 0.947. The van der Waals surface area contributed by atoms with Gasteiger partial charge < -0.3 is 20.1 Å². The van der Waals surface area contributed by atoms with Crippen molar-refractivity contribution in [3.05, 3.63) is 0 Å². The maximum atomic E-state index is 5.96. The molecule has 2 aliphatic carbocycles. The van der Waals surface area contributed by atoms with E-state index in [9.17, 15) is 0 Å². The minimum atomic E-state index is 0. The first-order chi connectivity index (χ1) is 12.3. The van der Waals surface area contributed by atoms with Gasteiger partial charge in [-0.25, -0.2) is 0 Å². The summed E-state index contributed by atoms with van der Waals surface area (Å²) in [5.74, 6) is 0.982. The molecule has 1 aliphatic heterocycles. The molecule has 1 heterocycles. The normalized spacial score (nSPS) is 28.0. The highest BCUT2D eigenvalue weighted by molar-refractivity contribution is 14.0. The Balaban J connectivity index is 0.00000243. The third kappa shape index (κ3) is 5.23. The zero-order chi connectivity index (χ0) is 17.5. The number of aliphatic imine (C=N–C) groups is 1. The summed E-state index contributed by atoms with van der Waals surface area (Å²) < 4.78 is 11.4. The van der Waals surface area contributed by atoms with E-state index in [-0.39, 0.29) is 24.0 Å². The van der Waals surface area contributed by atoms with Crippen LogP contribution in [0.1, 0.15) is 46.0 Å². The number of nitrogens with zero attached hydrogens (tertiary/aromatic N) is 2. The molecule has 3 fully saturated rings. The highest BCUT2D eigenvalue weighted by atomic mass is 127. The first-order valence-corrected chi connectivity index (χ1v) is 10.2. The quantitative estimate of drug-likeness (QED) is 0.242. The Hall–Kier alpha value is -0.120. The summed E-state index contributed by atoms with van der Waals surface area (Å²) in [5, 5.41) is 7.12. The van der Waals surface area contributed by atoms with E-state index < -0.39 is 0 Å². The van der Waals surface area contributed by atoms with Crippen molar-refractivity contribution >= 4 is 29.9 Å². The molecule has 2 unspecified atom stereocenters. The van der Waals surface area contributed by atoms with Gasteiger partial charge in [0.2, 0.25) is 0 Å². The highest BCUT2D eigenvalue weighted by Gasteiger charge is 2.59. The molecule has 3 rings (SSSR count). The van der Waals surface area contributed by atoms with Crippen LogP contribution < -0.4 is 10.6 Å². The fourth-order valence-corrected chi connectivity index (χ4v) is 4.44. The fourth-order valence-electron chi connectivity index (χ4n) is 4.44. The van der Waals surface area contributed by atoms with Crippen LogP contribution in [-0.2, 0) is 9.47 Å². The average Bonchev–Trinajstić information content (AvgIpc) is 2.57. The van der Waals surface area contributed by atoms with Crippen LogP contribution in [0.25, 0.3) is 0 Å². The molecule has 0 aromatic rings. The lowest BCUT2D eigenvalue weighted by Crippen LogP contribution is -2.68. The summed E-state index contributed by atoms with van der Waals surface area (Å²) in [4.78, 5) is 7.28. The van der Waals surface area contributed by atoms with Crippen LogP contribution >= 0.6 is 24.0 Å². The van der Waals surface area contributed by atoms with Gasteiger partial charge in [0, 0.05) is 50.8 Å². The second kappa shape index (κ2) is 11.0. The van der Waals surface area contributed by atoms with Gasteiger partial charge in [0.05, 0.1) is 19.3 Å². The van der Waals surface area contributed by atoms with Crippen LogP contribution in [0.3, 0.4) is 0 Å². The Kier molecular flexibility index (Phi) is 9.40. The van der Waals surface area contributed by atoms with E-state index in [2.05, 4.69) is 29.4 Å². The van der Waals surface area contributed by atoms with Crippen molar-refractivity contribution in [1.82, 2.24) is 15.5 Å². The molecule has 1 saturated heterocycles. The molecule has 6 nitrogen and oxygen atoms in total. The topological polar surface area (TPSA) is 58.1 Å². The number of hydrogen-bond acceptors (Lipinski definition) is 4. The largest absolute Gasteiger partial charge is 0.379 e. The first kappa shape index (κ1) is 22.2. The molecule has 2 saturated carbocycles. The Morgan fingerprint density at radius 3 is 2.65 bits per heavy atom. The lowest BCUT2D eigenvalue weighted by molar-refractivity contribution is -0.168. The lowest BCUT2D eigenvalue weighted by atomic mass is 9.51. The third-order valence-corrected chi connectivity index (χ3v) is 6.10. The Bertz CT molecular complexity index is 439. The van der Waals surface area contributed by atoms with E-state index in [0.717, 1.165) is 71.3 Å². The molecule has 0 aromatic heterocycles. The second-order valence-corrected chi connectivity index (χ2v) is 7.53. The predicted octanol–water partition coefficient (Wildman–Crippen LogP) is 2.23. The van der Waals surface area contributed by atoms with Crippen molar-refractivity contribution in [1.29, 1.82) is 0 Å². The Morgan fingerprint density at radius 2 is 2.04 bits per heavy atom. The molecule has 3 aliphatic rings. The van der Waals surface area contributed by atoms with Gasteiger partial charge in [-0.1, -0.05) is 6.42 Å². The van der Waals surface area contributed by atoms with Crippen LogP contribution in [0, 0.1) is 5.41 Å². The van der Waals surface area contributed by atoms with Crippen LogP contribution in [0.15, 0.2) is 4.99 Å². The second-order valence-electron chi connectivity index (χ2n) is 7.53. The van der Waals surface area contributed by atoms with Gasteiger partial charge >= 0.3 is 0 Å². The van der Waals surface area contributed by atoms with Crippen molar-refractivity contribution in [2.45, 2.75) is 58.1 Å². The smallest absolute Gasteiger partial charge is 0.191 e. The third-order valence-electron chi connectivity index (χ3n) is 6.10. The van der Waals surface area contributed by atoms with Crippen LogP contribution in [0.5, 0.6) is 0 Å². The molecule has 2 atom stereocenters. The van der Waals surface area contributed by atoms with Crippen molar-refractivity contribution < 1.29 is 9.47 Å². The molecule has 0 radical (unpaired) electrons. The molecule has 0 aromatic carbocycles.